The van der Waals surface area contributed by atoms with E-state index in [1.807, 2.05) is 6.92 Å². The molecule has 0 aromatic rings. The Labute approximate surface area is 101 Å². The highest BCUT2D eigenvalue weighted by Crippen LogP contribution is 2.30. The van der Waals surface area contributed by atoms with Crippen LogP contribution in [0.25, 0.3) is 0 Å². The maximum absolute atomic E-state index is 12.9. The quantitative estimate of drug-likeness (QED) is 0.734. The van der Waals surface area contributed by atoms with Gasteiger partial charge in [0.25, 0.3) is 0 Å². The van der Waals surface area contributed by atoms with Crippen molar-refractivity contribution in [1.29, 1.82) is 0 Å². The number of halogens is 2. The summed E-state index contributed by atoms with van der Waals surface area (Å²) in [7, 11) is 0. The molecule has 0 radical (unpaired) electrons. The Morgan fingerprint density at radius 1 is 1.47 bits per heavy atom. The van der Waals surface area contributed by atoms with Gasteiger partial charge in [0.15, 0.2) is 0 Å². The van der Waals surface area contributed by atoms with Gasteiger partial charge in [-0.3, -0.25) is 0 Å². The van der Waals surface area contributed by atoms with E-state index in [9.17, 15) is 13.6 Å². The summed E-state index contributed by atoms with van der Waals surface area (Å²) in [6.45, 7) is 6.55. The zero-order valence-electron chi connectivity index (χ0n) is 10.6. The molecule has 0 bridgehead atoms. The number of ether oxygens (including phenoxy) is 1. The molecule has 3 nitrogen and oxygen atoms in total. The first-order valence-electron chi connectivity index (χ1n) is 6.23. The van der Waals surface area contributed by atoms with Crippen LogP contribution in [0.5, 0.6) is 0 Å². The molecule has 0 amide bonds. The van der Waals surface area contributed by atoms with E-state index in [0.29, 0.717) is 12.5 Å². The lowest BCUT2D eigenvalue weighted by Gasteiger charge is -2.23. The van der Waals surface area contributed by atoms with Gasteiger partial charge in [0.2, 0.25) is 0 Å². The molecule has 0 aromatic heterocycles. The Hall–Kier alpha value is -0.710. The Morgan fingerprint density at radius 3 is 2.47 bits per heavy atom. The highest BCUT2D eigenvalue weighted by Gasteiger charge is 2.50. The Kier molecular flexibility index (Phi) is 4.86. The van der Waals surface area contributed by atoms with Gasteiger partial charge >= 0.3 is 11.9 Å². The lowest BCUT2D eigenvalue weighted by atomic mass is 9.95. The molecule has 1 aliphatic heterocycles. The van der Waals surface area contributed by atoms with Crippen LogP contribution in [0.2, 0.25) is 0 Å². The molecule has 17 heavy (non-hydrogen) atoms. The zero-order chi connectivity index (χ0) is 13.1. The summed E-state index contributed by atoms with van der Waals surface area (Å²) in [4.78, 5) is 10.8. The summed E-state index contributed by atoms with van der Waals surface area (Å²) >= 11 is 0. The average molecular weight is 249 g/mol. The fourth-order valence-electron chi connectivity index (χ4n) is 2.24. The summed E-state index contributed by atoms with van der Waals surface area (Å²) in [5.74, 6) is -4.17. The smallest absolute Gasteiger partial charge is 0.377 e. The fourth-order valence-corrected chi connectivity index (χ4v) is 2.24. The third-order valence-electron chi connectivity index (χ3n) is 3.48. The fraction of sp³-hybridized carbons (Fsp3) is 0.917. The Morgan fingerprint density at radius 2 is 2.06 bits per heavy atom. The van der Waals surface area contributed by atoms with E-state index in [-0.39, 0.29) is 6.04 Å². The minimum atomic E-state index is -3.30. The molecule has 1 aliphatic rings. The maximum atomic E-state index is 12.9. The van der Waals surface area contributed by atoms with Gasteiger partial charge in [0.05, 0.1) is 6.42 Å². The Bertz CT molecular complexity index is 267. The average Bonchev–Trinajstić information content (AvgIpc) is 2.52. The van der Waals surface area contributed by atoms with E-state index in [1.165, 1.54) is 0 Å². The van der Waals surface area contributed by atoms with Gasteiger partial charge in [-0.2, -0.15) is 8.78 Å². The number of nitrogens with one attached hydrogen (secondary N) is 1. The van der Waals surface area contributed by atoms with Crippen LogP contribution in [-0.4, -0.2) is 30.6 Å². The van der Waals surface area contributed by atoms with Crippen LogP contribution < -0.4 is 5.32 Å². The van der Waals surface area contributed by atoms with Crippen molar-refractivity contribution >= 4 is 5.97 Å². The van der Waals surface area contributed by atoms with E-state index in [4.69, 9.17) is 0 Å². The van der Waals surface area contributed by atoms with Crippen LogP contribution in [0.1, 0.15) is 40.0 Å². The SMILES string of the molecule is CCC(CC)C(C)NCC1CC(F)(F)C(=O)O1. The largest absolute Gasteiger partial charge is 0.456 e. The molecule has 2 unspecified atom stereocenters. The maximum Gasteiger partial charge on any atom is 0.377 e. The molecular weight excluding hydrogens is 228 g/mol. The second-order valence-electron chi connectivity index (χ2n) is 4.71. The van der Waals surface area contributed by atoms with E-state index in [2.05, 4.69) is 23.9 Å². The number of hydrogen-bond donors (Lipinski definition) is 1. The molecule has 1 heterocycles. The van der Waals surface area contributed by atoms with Crippen molar-refractivity contribution in [2.45, 2.75) is 58.1 Å². The van der Waals surface area contributed by atoms with Crippen LogP contribution in [0.3, 0.4) is 0 Å². The highest BCUT2D eigenvalue weighted by atomic mass is 19.3. The van der Waals surface area contributed by atoms with Crippen molar-refractivity contribution in [2.75, 3.05) is 6.54 Å². The van der Waals surface area contributed by atoms with Crippen LogP contribution in [0.15, 0.2) is 0 Å². The molecule has 5 heteroatoms. The molecule has 0 saturated carbocycles. The number of carbonyl (C=O) groups excluding carboxylic acids is 1. The molecule has 0 aliphatic carbocycles. The second-order valence-corrected chi connectivity index (χ2v) is 4.71. The van der Waals surface area contributed by atoms with Crippen molar-refractivity contribution in [3.63, 3.8) is 0 Å². The predicted molar refractivity (Wildman–Crippen MR) is 61.0 cm³/mol. The van der Waals surface area contributed by atoms with Crippen molar-refractivity contribution < 1.29 is 18.3 Å². The van der Waals surface area contributed by atoms with E-state index < -0.39 is 24.4 Å². The molecule has 1 fully saturated rings. The second kappa shape index (κ2) is 5.76. The summed E-state index contributed by atoms with van der Waals surface area (Å²) in [6.07, 6.45) is 0.889. The third-order valence-corrected chi connectivity index (χ3v) is 3.48. The minimum absolute atomic E-state index is 0.248. The first-order valence-corrected chi connectivity index (χ1v) is 6.23. The number of rotatable bonds is 6. The van der Waals surface area contributed by atoms with Gasteiger partial charge in [-0.25, -0.2) is 4.79 Å². The van der Waals surface area contributed by atoms with Crippen molar-refractivity contribution in [3.05, 3.63) is 0 Å². The predicted octanol–water partition coefficient (Wildman–Crippen LogP) is 2.35. The molecule has 1 N–H and O–H groups in total. The number of alkyl halides is 2. The van der Waals surface area contributed by atoms with Crippen molar-refractivity contribution in [2.24, 2.45) is 5.92 Å². The summed E-state index contributed by atoms with van der Waals surface area (Å²) in [6, 6.07) is 0.248. The number of hydrogen-bond acceptors (Lipinski definition) is 3. The Balaban J connectivity index is 2.35. The molecular formula is C12H21F2NO2. The first kappa shape index (κ1) is 14.4. The lowest BCUT2D eigenvalue weighted by molar-refractivity contribution is -0.159. The first-order chi connectivity index (χ1) is 7.90. The normalized spacial score (nSPS) is 25.1. The standard InChI is InChI=1S/C12H21F2NO2/c1-4-9(5-2)8(3)15-7-10-6-12(13,14)11(16)17-10/h8-10,15H,4-7H2,1-3H3. The van der Waals surface area contributed by atoms with Crippen LogP contribution >= 0.6 is 0 Å². The summed E-state index contributed by atoms with van der Waals surface area (Å²) in [5, 5.41) is 3.17. The molecule has 2 atom stereocenters. The minimum Gasteiger partial charge on any atom is -0.456 e. The van der Waals surface area contributed by atoms with Crippen molar-refractivity contribution in [1.82, 2.24) is 5.32 Å². The number of esters is 1. The monoisotopic (exact) mass is 249 g/mol. The summed E-state index contributed by atoms with van der Waals surface area (Å²) in [5.41, 5.74) is 0. The van der Waals surface area contributed by atoms with Crippen molar-refractivity contribution in [3.8, 4) is 0 Å². The van der Waals surface area contributed by atoms with Gasteiger partial charge in [0, 0.05) is 12.6 Å². The van der Waals surface area contributed by atoms with E-state index >= 15 is 0 Å². The van der Waals surface area contributed by atoms with Gasteiger partial charge in [-0.1, -0.05) is 26.7 Å². The molecule has 1 saturated heterocycles. The number of cyclic esters (lactones) is 1. The summed E-state index contributed by atoms with van der Waals surface area (Å²) < 4.78 is 30.4. The molecule has 100 valence electrons. The lowest BCUT2D eigenvalue weighted by Crippen LogP contribution is -2.38. The van der Waals surface area contributed by atoms with E-state index in [0.717, 1.165) is 12.8 Å². The topological polar surface area (TPSA) is 38.3 Å². The molecule has 1 rings (SSSR count). The van der Waals surface area contributed by atoms with Crippen LogP contribution in [-0.2, 0) is 9.53 Å². The van der Waals surface area contributed by atoms with Gasteiger partial charge in [0.1, 0.15) is 6.10 Å². The van der Waals surface area contributed by atoms with E-state index in [1.54, 1.807) is 0 Å². The molecule has 0 aromatic carbocycles. The van der Waals surface area contributed by atoms with Crippen LogP contribution in [0.4, 0.5) is 8.78 Å². The van der Waals surface area contributed by atoms with Gasteiger partial charge in [-0.15, -0.1) is 0 Å². The molecule has 0 spiro atoms. The highest BCUT2D eigenvalue weighted by molar-refractivity contribution is 5.79. The zero-order valence-corrected chi connectivity index (χ0v) is 10.6. The van der Waals surface area contributed by atoms with Gasteiger partial charge in [-0.05, 0) is 12.8 Å². The third kappa shape index (κ3) is 3.63. The van der Waals surface area contributed by atoms with Crippen LogP contribution in [0, 0.1) is 5.92 Å². The van der Waals surface area contributed by atoms with Gasteiger partial charge < -0.3 is 10.1 Å². The number of carbonyl (C=O) groups is 1.